The molecule has 0 spiro atoms. The second-order valence-electron chi connectivity index (χ2n) is 6.07. The molecule has 1 heterocycles. The summed E-state index contributed by atoms with van der Waals surface area (Å²) in [7, 11) is 1.44. The van der Waals surface area contributed by atoms with Crippen molar-refractivity contribution >= 4 is 68.4 Å². The van der Waals surface area contributed by atoms with Gasteiger partial charge in [-0.3, -0.25) is 14.5 Å². The van der Waals surface area contributed by atoms with Gasteiger partial charge in [-0.25, -0.2) is 0 Å². The van der Waals surface area contributed by atoms with E-state index in [-0.39, 0.29) is 11.5 Å². The number of amides is 2. The highest BCUT2D eigenvalue weighted by Gasteiger charge is 2.40. The molecule has 1 N–H and O–H groups in total. The van der Waals surface area contributed by atoms with Gasteiger partial charge in [-0.15, -0.1) is 0 Å². The van der Waals surface area contributed by atoms with Crippen LogP contribution in [0, 0.1) is 11.3 Å². The molecule has 1 atom stereocenters. The summed E-state index contributed by atoms with van der Waals surface area (Å²) in [6.45, 7) is 0. The minimum absolute atomic E-state index is 0.117. The van der Waals surface area contributed by atoms with Crippen LogP contribution in [0.25, 0.3) is 0 Å². The van der Waals surface area contributed by atoms with Crippen molar-refractivity contribution in [2.24, 2.45) is 0 Å². The van der Waals surface area contributed by atoms with Gasteiger partial charge in [-0.05, 0) is 54.4 Å². The summed E-state index contributed by atoms with van der Waals surface area (Å²) in [4.78, 5) is 26.9. The number of rotatable bonds is 4. The van der Waals surface area contributed by atoms with Gasteiger partial charge in [0.15, 0.2) is 0 Å². The number of thioether (sulfide) groups is 1. The first-order valence-corrected chi connectivity index (χ1v) is 10.8. The molecule has 3 rings (SSSR count). The maximum Gasteiger partial charge on any atom is 0.264 e. The molecule has 1 aliphatic heterocycles. The molecule has 0 unspecified atom stereocenters. The van der Waals surface area contributed by atoms with Crippen molar-refractivity contribution in [1.29, 1.82) is 5.26 Å². The molecule has 0 bridgehead atoms. The lowest BCUT2D eigenvalue weighted by Crippen LogP contribution is -2.31. The van der Waals surface area contributed by atoms with E-state index < -0.39 is 11.2 Å². The minimum Gasteiger partial charge on any atom is -0.354 e. The quantitative estimate of drug-likeness (QED) is 0.467. The molecule has 0 aromatic heterocycles. The van der Waals surface area contributed by atoms with Crippen LogP contribution in [0.3, 0.4) is 0 Å². The first kappa shape index (κ1) is 21.7. The Hall–Kier alpha value is -1.98. The fraction of sp³-hybridized carbons (Fsp3) is 0.150. The number of halogens is 3. The van der Waals surface area contributed by atoms with E-state index in [1.165, 1.54) is 23.7 Å². The second kappa shape index (κ2) is 9.23. The summed E-state index contributed by atoms with van der Waals surface area (Å²) < 4.78 is 0.847. The number of nitrogens with one attached hydrogen (secondary N) is 1. The lowest BCUT2D eigenvalue weighted by Gasteiger charge is -2.18. The van der Waals surface area contributed by atoms with E-state index in [4.69, 9.17) is 23.2 Å². The Bertz CT molecular complexity index is 1050. The molecule has 2 aromatic carbocycles. The molecule has 148 valence electrons. The number of hydrogen-bond acceptors (Lipinski definition) is 4. The summed E-state index contributed by atoms with van der Waals surface area (Å²) in [5.41, 5.74) is 1.17. The number of benzene rings is 2. The van der Waals surface area contributed by atoms with Gasteiger partial charge in [-0.2, -0.15) is 5.26 Å². The Labute approximate surface area is 190 Å². The van der Waals surface area contributed by atoms with E-state index in [0.29, 0.717) is 27.2 Å². The maximum absolute atomic E-state index is 13.3. The zero-order valence-corrected chi connectivity index (χ0v) is 19.0. The number of nitriles is 1. The molecule has 29 heavy (non-hydrogen) atoms. The van der Waals surface area contributed by atoms with Crippen molar-refractivity contribution in [3.05, 3.63) is 73.1 Å². The Morgan fingerprint density at radius 2 is 1.97 bits per heavy atom. The van der Waals surface area contributed by atoms with Crippen LogP contribution in [0.1, 0.15) is 5.56 Å². The molecule has 0 radical (unpaired) electrons. The number of likely N-dealkylation sites (N-methyl/N-ethyl adjacent to an activating group) is 1. The molecular formula is C20H14BrCl2N3O2S. The molecule has 1 aliphatic rings. The van der Waals surface area contributed by atoms with Gasteiger partial charge in [0.2, 0.25) is 5.91 Å². The van der Waals surface area contributed by atoms with Crippen molar-refractivity contribution < 1.29 is 9.59 Å². The van der Waals surface area contributed by atoms with Crippen LogP contribution in [0.15, 0.2) is 57.5 Å². The van der Waals surface area contributed by atoms with Crippen molar-refractivity contribution in [2.75, 3.05) is 11.9 Å². The molecule has 1 fully saturated rings. The van der Waals surface area contributed by atoms with Gasteiger partial charge in [0.1, 0.15) is 16.7 Å². The molecule has 0 aliphatic carbocycles. The smallest absolute Gasteiger partial charge is 0.264 e. The van der Waals surface area contributed by atoms with Gasteiger partial charge in [0, 0.05) is 27.3 Å². The average Bonchev–Trinajstić information content (AvgIpc) is 3.01. The monoisotopic (exact) mass is 509 g/mol. The Morgan fingerprint density at radius 1 is 1.28 bits per heavy atom. The number of hydrogen-bond donors (Lipinski definition) is 1. The van der Waals surface area contributed by atoms with Gasteiger partial charge >= 0.3 is 0 Å². The third-order valence-corrected chi connectivity index (χ3v) is 6.63. The first-order chi connectivity index (χ1) is 13.8. The van der Waals surface area contributed by atoms with Gasteiger partial charge in [-0.1, -0.05) is 50.9 Å². The lowest BCUT2D eigenvalue weighted by molar-refractivity contribution is -0.117. The Balaban J connectivity index is 2.06. The largest absolute Gasteiger partial charge is 0.354 e. The molecule has 5 nitrogen and oxygen atoms in total. The van der Waals surface area contributed by atoms with Crippen LogP contribution in [-0.4, -0.2) is 24.1 Å². The van der Waals surface area contributed by atoms with E-state index in [9.17, 15) is 14.9 Å². The number of carbonyl (C=O) groups is 2. The van der Waals surface area contributed by atoms with Crippen LogP contribution >= 0.6 is 50.9 Å². The van der Waals surface area contributed by atoms with Gasteiger partial charge in [0.05, 0.1) is 5.25 Å². The van der Waals surface area contributed by atoms with Crippen LogP contribution in [0.4, 0.5) is 5.69 Å². The van der Waals surface area contributed by atoms with E-state index in [1.54, 1.807) is 42.5 Å². The van der Waals surface area contributed by atoms with Crippen molar-refractivity contribution in [3.8, 4) is 6.07 Å². The van der Waals surface area contributed by atoms with E-state index in [2.05, 4.69) is 21.2 Å². The van der Waals surface area contributed by atoms with Crippen LogP contribution in [0.2, 0.25) is 10.0 Å². The molecule has 9 heteroatoms. The van der Waals surface area contributed by atoms with Crippen LogP contribution in [-0.2, 0) is 16.0 Å². The molecular weight excluding hydrogens is 497 g/mol. The minimum atomic E-state index is -0.558. The zero-order valence-electron chi connectivity index (χ0n) is 15.1. The molecule has 2 aromatic rings. The average molecular weight is 511 g/mol. The number of carbonyl (C=O) groups excluding carboxylic acids is 2. The Morgan fingerprint density at radius 3 is 2.59 bits per heavy atom. The molecule has 1 saturated heterocycles. The Kier molecular flexibility index (Phi) is 6.91. The zero-order chi connectivity index (χ0) is 21.1. The summed E-state index contributed by atoms with van der Waals surface area (Å²) in [6.07, 6.45) is 0.311. The fourth-order valence-electron chi connectivity index (χ4n) is 2.84. The standard InChI is InChI=1S/C20H14BrCl2N3O2S/c1-25-18(27)15(10-24)20-26(14-5-2-12(21)3-6-14)19(28)17(29-20)9-11-8-13(22)4-7-16(11)23/h2-8,17H,9H2,1H3,(H,25,27)/b20-15-/t17-/m1/s1. The summed E-state index contributed by atoms with van der Waals surface area (Å²) in [5, 5.41) is 12.8. The third kappa shape index (κ3) is 4.62. The van der Waals surface area contributed by atoms with E-state index in [1.807, 2.05) is 6.07 Å². The van der Waals surface area contributed by atoms with Crippen molar-refractivity contribution in [3.63, 3.8) is 0 Å². The second-order valence-corrected chi connectivity index (χ2v) is 9.02. The molecule has 2 amide bonds. The van der Waals surface area contributed by atoms with Gasteiger partial charge < -0.3 is 5.32 Å². The van der Waals surface area contributed by atoms with Crippen LogP contribution < -0.4 is 10.2 Å². The fourth-order valence-corrected chi connectivity index (χ4v) is 4.79. The van der Waals surface area contributed by atoms with Gasteiger partial charge in [0.25, 0.3) is 5.91 Å². The van der Waals surface area contributed by atoms with E-state index >= 15 is 0 Å². The summed E-state index contributed by atoms with van der Waals surface area (Å²) in [6, 6.07) is 14.1. The first-order valence-electron chi connectivity index (χ1n) is 8.42. The highest BCUT2D eigenvalue weighted by atomic mass is 79.9. The van der Waals surface area contributed by atoms with E-state index in [0.717, 1.165) is 10.0 Å². The van der Waals surface area contributed by atoms with Crippen molar-refractivity contribution in [1.82, 2.24) is 5.32 Å². The number of nitrogens with zero attached hydrogens (tertiary/aromatic N) is 2. The highest BCUT2D eigenvalue weighted by Crippen LogP contribution is 2.42. The summed E-state index contributed by atoms with van der Waals surface area (Å²) in [5.74, 6) is -0.786. The highest BCUT2D eigenvalue weighted by molar-refractivity contribution is 9.10. The SMILES string of the molecule is CNC(=O)/C(C#N)=C1\S[C@H](Cc2cc(Cl)ccc2Cl)C(=O)N1c1ccc(Br)cc1. The predicted molar refractivity (Wildman–Crippen MR) is 120 cm³/mol. The third-order valence-electron chi connectivity index (χ3n) is 4.23. The van der Waals surface area contributed by atoms with Crippen LogP contribution in [0.5, 0.6) is 0 Å². The predicted octanol–water partition coefficient (Wildman–Crippen LogP) is 4.93. The van der Waals surface area contributed by atoms with Crippen molar-refractivity contribution in [2.45, 2.75) is 11.7 Å². The topological polar surface area (TPSA) is 73.2 Å². The maximum atomic E-state index is 13.3. The normalized spacial score (nSPS) is 17.8. The number of anilines is 1. The molecule has 0 saturated carbocycles. The summed E-state index contributed by atoms with van der Waals surface area (Å²) >= 11 is 16.9. The lowest BCUT2D eigenvalue weighted by atomic mass is 10.1.